The molecule has 0 saturated heterocycles. The number of aliphatic hydroxyl groups excluding tert-OH is 1. The van der Waals surface area contributed by atoms with Gasteiger partial charge in [0, 0.05) is 23.5 Å². The van der Waals surface area contributed by atoms with Crippen molar-refractivity contribution in [1.29, 1.82) is 0 Å². The fraction of sp³-hybridized carbons (Fsp3) is 0.333. The molecule has 0 radical (unpaired) electrons. The molecule has 1 unspecified atom stereocenters. The van der Waals surface area contributed by atoms with Gasteiger partial charge in [-0.05, 0) is 38.3 Å². The molecule has 5 nitrogen and oxygen atoms in total. The van der Waals surface area contributed by atoms with Crippen LogP contribution in [0.25, 0.3) is 5.69 Å². The summed E-state index contributed by atoms with van der Waals surface area (Å²) in [6.07, 6.45) is 4.09. The van der Waals surface area contributed by atoms with Crippen molar-refractivity contribution in [1.82, 2.24) is 4.57 Å². The number of nitrogens with zero attached hydrogens (tertiary/aromatic N) is 2. The van der Waals surface area contributed by atoms with Crippen molar-refractivity contribution in [3.63, 3.8) is 0 Å². The normalized spacial score (nSPS) is 17.8. The summed E-state index contributed by atoms with van der Waals surface area (Å²) < 4.78 is 1.97. The highest BCUT2D eigenvalue weighted by atomic mass is 16.6. The maximum absolute atomic E-state index is 11.0. The van der Waals surface area contributed by atoms with Gasteiger partial charge in [-0.3, -0.25) is 10.1 Å². The molecule has 1 aromatic carbocycles. The maximum atomic E-state index is 11.0. The topological polar surface area (TPSA) is 68.3 Å². The molecule has 0 saturated carbocycles. The first-order chi connectivity index (χ1) is 9.59. The molecule has 1 aliphatic rings. The molecule has 0 bridgehead atoms. The Morgan fingerprint density at radius 1 is 1.40 bits per heavy atom. The molecule has 1 N–H and O–H groups in total. The first kappa shape index (κ1) is 12.9. The Kier molecular flexibility index (Phi) is 3.06. The molecular formula is C15H16N2O3. The zero-order chi connectivity index (χ0) is 14.3. The second-order valence-corrected chi connectivity index (χ2v) is 5.17. The molecule has 2 aromatic rings. The zero-order valence-corrected chi connectivity index (χ0v) is 11.2. The maximum Gasteiger partial charge on any atom is 0.274 e. The molecule has 0 spiro atoms. The van der Waals surface area contributed by atoms with Crippen molar-refractivity contribution >= 4 is 5.69 Å². The van der Waals surface area contributed by atoms with Crippen LogP contribution in [-0.4, -0.2) is 14.6 Å². The molecule has 0 aliphatic heterocycles. The van der Waals surface area contributed by atoms with E-state index in [1.807, 2.05) is 22.9 Å². The summed E-state index contributed by atoms with van der Waals surface area (Å²) in [6, 6.07) is 7.01. The van der Waals surface area contributed by atoms with Crippen molar-refractivity contribution in [2.45, 2.75) is 32.3 Å². The van der Waals surface area contributed by atoms with Crippen LogP contribution in [0.2, 0.25) is 0 Å². The predicted molar refractivity (Wildman–Crippen MR) is 75.1 cm³/mol. The van der Waals surface area contributed by atoms with Gasteiger partial charge in [0.05, 0.1) is 22.3 Å². The second-order valence-electron chi connectivity index (χ2n) is 5.17. The fourth-order valence-corrected chi connectivity index (χ4v) is 2.96. The minimum atomic E-state index is -0.418. The lowest BCUT2D eigenvalue weighted by molar-refractivity contribution is -0.385. The molecule has 104 valence electrons. The lowest BCUT2D eigenvalue weighted by atomic mass is 9.95. The largest absolute Gasteiger partial charge is 0.388 e. The van der Waals surface area contributed by atoms with Crippen LogP contribution in [0.1, 0.15) is 35.8 Å². The summed E-state index contributed by atoms with van der Waals surface area (Å²) in [6.45, 7) is 1.76. The van der Waals surface area contributed by atoms with E-state index in [1.54, 1.807) is 13.0 Å². The smallest absolute Gasteiger partial charge is 0.274 e. The summed E-state index contributed by atoms with van der Waals surface area (Å²) in [5, 5.41) is 21.1. The van der Waals surface area contributed by atoms with Gasteiger partial charge in [-0.2, -0.15) is 0 Å². The van der Waals surface area contributed by atoms with Crippen molar-refractivity contribution < 1.29 is 10.0 Å². The molecule has 20 heavy (non-hydrogen) atoms. The second kappa shape index (κ2) is 4.76. The van der Waals surface area contributed by atoms with Crippen LogP contribution in [0.5, 0.6) is 0 Å². The number of rotatable bonds is 2. The molecular weight excluding hydrogens is 256 g/mol. The van der Waals surface area contributed by atoms with E-state index in [0.29, 0.717) is 5.56 Å². The highest BCUT2D eigenvalue weighted by Crippen LogP contribution is 2.34. The van der Waals surface area contributed by atoms with Crippen LogP contribution in [-0.2, 0) is 6.42 Å². The van der Waals surface area contributed by atoms with Crippen LogP contribution in [0.3, 0.4) is 0 Å². The van der Waals surface area contributed by atoms with Gasteiger partial charge in [0.1, 0.15) is 0 Å². The number of hydrogen-bond donors (Lipinski definition) is 1. The van der Waals surface area contributed by atoms with E-state index in [4.69, 9.17) is 0 Å². The summed E-state index contributed by atoms with van der Waals surface area (Å²) in [7, 11) is 0. The van der Waals surface area contributed by atoms with Crippen molar-refractivity contribution in [2.75, 3.05) is 0 Å². The number of benzene rings is 1. The van der Waals surface area contributed by atoms with Crippen LogP contribution in [0, 0.1) is 17.0 Å². The number of fused-ring (bicyclic) bond motifs is 1. The van der Waals surface area contributed by atoms with Gasteiger partial charge >= 0.3 is 0 Å². The van der Waals surface area contributed by atoms with Gasteiger partial charge in [-0.1, -0.05) is 6.07 Å². The minimum Gasteiger partial charge on any atom is -0.388 e. The van der Waals surface area contributed by atoms with Gasteiger partial charge in [0.15, 0.2) is 0 Å². The van der Waals surface area contributed by atoms with Crippen molar-refractivity contribution in [3.05, 3.63) is 57.4 Å². The van der Waals surface area contributed by atoms with Gasteiger partial charge in [-0.25, -0.2) is 0 Å². The Bertz CT molecular complexity index is 676. The highest BCUT2D eigenvalue weighted by molar-refractivity contribution is 5.54. The summed E-state index contributed by atoms with van der Waals surface area (Å²) in [4.78, 5) is 10.7. The molecule has 0 amide bonds. The van der Waals surface area contributed by atoms with Gasteiger partial charge in [-0.15, -0.1) is 0 Å². The molecule has 3 rings (SSSR count). The van der Waals surface area contributed by atoms with Gasteiger partial charge in [0.25, 0.3) is 5.69 Å². The molecule has 1 atom stereocenters. The lowest BCUT2D eigenvalue weighted by Crippen LogP contribution is -2.11. The third-order valence-corrected chi connectivity index (χ3v) is 4.01. The molecule has 1 aromatic heterocycles. The number of nitro groups is 1. The third kappa shape index (κ3) is 1.91. The zero-order valence-electron chi connectivity index (χ0n) is 11.2. The predicted octanol–water partition coefficient (Wildman–Crippen LogP) is 3.06. The lowest BCUT2D eigenvalue weighted by Gasteiger charge is -2.20. The number of nitro benzene ring substituents is 1. The number of aromatic nitrogens is 1. The summed E-state index contributed by atoms with van der Waals surface area (Å²) in [5.41, 5.74) is 3.60. The van der Waals surface area contributed by atoms with Crippen LogP contribution >= 0.6 is 0 Å². The van der Waals surface area contributed by atoms with Crippen molar-refractivity contribution in [2.24, 2.45) is 0 Å². The van der Waals surface area contributed by atoms with E-state index in [0.717, 1.165) is 36.2 Å². The molecule has 1 aliphatic carbocycles. The number of aliphatic hydroxyl groups is 1. The Labute approximate surface area is 116 Å². The van der Waals surface area contributed by atoms with E-state index in [1.165, 1.54) is 6.07 Å². The Morgan fingerprint density at radius 2 is 2.20 bits per heavy atom. The number of hydrogen-bond acceptors (Lipinski definition) is 3. The van der Waals surface area contributed by atoms with E-state index in [9.17, 15) is 15.2 Å². The quantitative estimate of drug-likeness (QED) is 0.674. The summed E-state index contributed by atoms with van der Waals surface area (Å²) >= 11 is 0. The van der Waals surface area contributed by atoms with Gasteiger partial charge < -0.3 is 9.67 Å². The average Bonchev–Trinajstić information content (AvgIpc) is 2.84. The van der Waals surface area contributed by atoms with E-state index < -0.39 is 6.10 Å². The molecule has 0 fully saturated rings. The average molecular weight is 272 g/mol. The summed E-state index contributed by atoms with van der Waals surface area (Å²) in [5.74, 6) is 0. The Morgan fingerprint density at radius 3 is 2.95 bits per heavy atom. The Balaban J connectivity index is 2.15. The van der Waals surface area contributed by atoms with Crippen LogP contribution < -0.4 is 0 Å². The SMILES string of the molecule is Cc1c(-n2ccc3c2CCCC3O)cccc1[N+](=O)[O-]. The van der Waals surface area contributed by atoms with Gasteiger partial charge in [0.2, 0.25) is 0 Å². The Hall–Kier alpha value is -2.14. The molecule has 5 heteroatoms. The first-order valence-electron chi connectivity index (χ1n) is 6.72. The van der Waals surface area contributed by atoms with Crippen LogP contribution in [0.4, 0.5) is 5.69 Å². The fourth-order valence-electron chi connectivity index (χ4n) is 2.96. The molecule has 1 heterocycles. The first-order valence-corrected chi connectivity index (χ1v) is 6.72. The van der Waals surface area contributed by atoms with E-state index in [2.05, 4.69) is 0 Å². The van der Waals surface area contributed by atoms with E-state index in [-0.39, 0.29) is 10.6 Å². The monoisotopic (exact) mass is 272 g/mol. The highest BCUT2D eigenvalue weighted by Gasteiger charge is 2.23. The minimum absolute atomic E-state index is 0.126. The van der Waals surface area contributed by atoms with Crippen LogP contribution in [0.15, 0.2) is 30.5 Å². The van der Waals surface area contributed by atoms with E-state index >= 15 is 0 Å². The standard InChI is InChI=1S/C15H16N2O3/c1-10-12(4-2-5-13(10)17(19)20)16-9-8-11-14(16)6-3-7-15(11)18/h2,4-5,8-9,15,18H,3,6-7H2,1H3. The third-order valence-electron chi connectivity index (χ3n) is 4.01. The van der Waals surface area contributed by atoms with Crippen molar-refractivity contribution in [3.8, 4) is 5.69 Å².